The van der Waals surface area contributed by atoms with Crippen LogP contribution in [0.4, 0.5) is 5.69 Å². The highest BCUT2D eigenvalue weighted by molar-refractivity contribution is 5.95. The molecule has 3 aromatic rings. The Labute approximate surface area is 110 Å². The number of hydrogen-bond donors (Lipinski definition) is 2. The smallest absolute Gasteiger partial charge is 0.228 e. The van der Waals surface area contributed by atoms with E-state index >= 15 is 0 Å². The Morgan fingerprint density at radius 2 is 2.26 bits per heavy atom. The first-order valence-corrected chi connectivity index (χ1v) is 6.06. The van der Waals surface area contributed by atoms with Gasteiger partial charge in [0.25, 0.3) is 0 Å². The summed E-state index contributed by atoms with van der Waals surface area (Å²) in [5.41, 5.74) is 2.76. The number of aromatic nitrogens is 3. The van der Waals surface area contributed by atoms with Crippen molar-refractivity contribution in [1.82, 2.24) is 14.8 Å². The van der Waals surface area contributed by atoms with Crippen LogP contribution in [-0.4, -0.2) is 20.7 Å². The number of nitrogens with one attached hydrogen (secondary N) is 2. The van der Waals surface area contributed by atoms with Crippen LogP contribution < -0.4 is 5.32 Å². The molecule has 96 valence electrons. The van der Waals surface area contributed by atoms with Gasteiger partial charge in [-0.1, -0.05) is 18.2 Å². The molecule has 5 heteroatoms. The number of nitrogens with zero attached hydrogens (tertiary/aromatic N) is 2. The number of rotatable bonds is 3. The minimum absolute atomic E-state index is 0.0437. The van der Waals surface area contributed by atoms with E-state index in [4.69, 9.17) is 0 Å². The normalized spacial score (nSPS) is 10.8. The fourth-order valence-electron chi connectivity index (χ4n) is 2.14. The predicted molar refractivity (Wildman–Crippen MR) is 73.8 cm³/mol. The van der Waals surface area contributed by atoms with E-state index < -0.39 is 0 Å². The number of aryl methyl sites for hydroxylation is 1. The van der Waals surface area contributed by atoms with E-state index in [1.54, 1.807) is 17.1 Å². The number of carbonyl (C=O) groups excluding carboxylic acids is 1. The van der Waals surface area contributed by atoms with Gasteiger partial charge in [-0.05, 0) is 11.6 Å². The fraction of sp³-hybridized carbons (Fsp3) is 0.143. The van der Waals surface area contributed by atoms with E-state index in [9.17, 15) is 4.79 Å². The first-order valence-electron chi connectivity index (χ1n) is 6.06. The maximum absolute atomic E-state index is 12.0. The van der Waals surface area contributed by atoms with Gasteiger partial charge in [-0.25, -0.2) is 0 Å². The van der Waals surface area contributed by atoms with E-state index in [1.165, 1.54) is 0 Å². The molecule has 0 aliphatic heterocycles. The summed E-state index contributed by atoms with van der Waals surface area (Å²) in [7, 11) is 1.81. The van der Waals surface area contributed by atoms with Crippen molar-refractivity contribution in [1.29, 1.82) is 0 Å². The van der Waals surface area contributed by atoms with Gasteiger partial charge in [-0.2, -0.15) is 5.10 Å². The quantitative estimate of drug-likeness (QED) is 0.751. The first-order chi connectivity index (χ1) is 9.22. The zero-order chi connectivity index (χ0) is 13.2. The molecule has 0 aliphatic carbocycles. The predicted octanol–water partition coefficient (Wildman–Crippen LogP) is 2.08. The number of hydrogen-bond acceptors (Lipinski definition) is 2. The largest absolute Gasteiger partial charge is 0.361 e. The van der Waals surface area contributed by atoms with Crippen LogP contribution in [0.5, 0.6) is 0 Å². The van der Waals surface area contributed by atoms with Gasteiger partial charge >= 0.3 is 0 Å². The molecule has 5 nitrogen and oxygen atoms in total. The topological polar surface area (TPSA) is 62.7 Å². The summed E-state index contributed by atoms with van der Waals surface area (Å²) >= 11 is 0. The molecule has 3 rings (SSSR count). The van der Waals surface area contributed by atoms with Gasteiger partial charge in [-0.3, -0.25) is 9.48 Å². The lowest BCUT2D eigenvalue weighted by atomic mass is 10.1. The van der Waals surface area contributed by atoms with Crippen LogP contribution in [0.1, 0.15) is 5.56 Å². The average molecular weight is 254 g/mol. The van der Waals surface area contributed by atoms with Gasteiger partial charge < -0.3 is 10.3 Å². The zero-order valence-corrected chi connectivity index (χ0v) is 10.6. The summed E-state index contributed by atoms with van der Waals surface area (Å²) in [6.07, 6.45) is 5.63. The molecule has 0 saturated heterocycles. The summed E-state index contributed by atoms with van der Waals surface area (Å²) in [6.45, 7) is 0. The van der Waals surface area contributed by atoms with E-state index in [-0.39, 0.29) is 5.91 Å². The molecule has 0 saturated carbocycles. The van der Waals surface area contributed by atoms with Gasteiger partial charge in [0.05, 0.1) is 18.3 Å². The maximum Gasteiger partial charge on any atom is 0.228 e. The zero-order valence-electron chi connectivity index (χ0n) is 10.6. The molecule has 0 atom stereocenters. The van der Waals surface area contributed by atoms with Crippen molar-refractivity contribution in [3.63, 3.8) is 0 Å². The highest BCUT2D eigenvalue weighted by Gasteiger charge is 2.09. The van der Waals surface area contributed by atoms with Crippen LogP contribution in [0.25, 0.3) is 10.9 Å². The van der Waals surface area contributed by atoms with E-state index in [0.717, 1.165) is 16.5 Å². The highest BCUT2D eigenvalue weighted by atomic mass is 16.1. The van der Waals surface area contributed by atoms with Crippen molar-refractivity contribution >= 4 is 22.5 Å². The van der Waals surface area contributed by atoms with Gasteiger partial charge in [0, 0.05) is 30.3 Å². The van der Waals surface area contributed by atoms with Gasteiger partial charge in [0.1, 0.15) is 0 Å². The number of anilines is 1. The summed E-state index contributed by atoms with van der Waals surface area (Å²) in [4.78, 5) is 15.1. The van der Waals surface area contributed by atoms with Crippen molar-refractivity contribution in [2.45, 2.75) is 6.42 Å². The molecular formula is C14H14N4O. The summed E-state index contributed by atoms with van der Waals surface area (Å²) in [5, 5.41) is 7.93. The second-order valence-electron chi connectivity index (χ2n) is 4.49. The van der Waals surface area contributed by atoms with Crippen molar-refractivity contribution in [3.05, 3.63) is 48.4 Å². The number of carbonyl (C=O) groups is 1. The molecule has 2 aromatic heterocycles. The Hall–Kier alpha value is -2.56. The van der Waals surface area contributed by atoms with Crippen LogP contribution in [0, 0.1) is 0 Å². The van der Waals surface area contributed by atoms with Gasteiger partial charge in [0.15, 0.2) is 0 Å². The fourth-order valence-corrected chi connectivity index (χ4v) is 2.14. The van der Waals surface area contributed by atoms with Gasteiger partial charge in [-0.15, -0.1) is 0 Å². The molecule has 1 aromatic carbocycles. The molecule has 0 spiro atoms. The highest BCUT2D eigenvalue weighted by Crippen LogP contribution is 2.18. The Morgan fingerprint density at radius 1 is 1.42 bits per heavy atom. The van der Waals surface area contributed by atoms with Crippen molar-refractivity contribution in [2.24, 2.45) is 7.05 Å². The molecule has 0 bridgehead atoms. The average Bonchev–Trinajstić information content (AvgIpc) is 2.97. The van der Waals surface area contributed by atoms with E-state index in [0.29, 0.717) is 12.1 Å². The third kappa shape index (κ3) is 2.35. The lowest BCUT2D eigenvalue weighted by molar-refractivity contribution is -0.115. The second-order valence-corrected chi connectivity index (χ2v) is 4.49. The molecule has 2 N–H and O–H groups in total. The van der Waals surface area contributed by atoms with E-state index in [1.807, 2.05) is 37.5 Å². The summed E-state index contributed by atoms with van der Waals surface area (Å²) in [6, 6.07) is 7.95. The van der Waals surface area contributed by atoms with Crippen LogP contribution in [-0.2, 0) is 18.3 Å². The van der Waals surface area contributed by atoms with Crippen LogP contribution >= 0.6 is 0 Å². The minimum Gasteiger partial charge on any atom is -0.361 e. The number of aromatic amines is 1. The van der Waals surface area contributed by atoms with Crippen molar-refractivity contribution in [3.8, 4) is 0 Å². The standard InChI is InChI=1S/C14H14N4O/c1-18-9-11(8-16-18)17-14(19)6-10-7-15-13-5-3-2-4-12(10)13/h2-5,7-9,15H,6H2,1H3,(H,17,19). The number of benzene rings is 1. The lowest BCUT2D eigenvalue weighted by Crippen LogP contribution is -2.13. The number of amides is 1. The monoisotopic (exact) mass is 254 g/mol. The Bertz CT molecular complexity index is 726. The minimum atomic E-state index is -0.0437. The Kier molecular flexibility index (Phi) is 2.79. The van der Waals surface area contributed by atoms with E-state index in [2.05, 4.69) is 15.4 Å². The molecule has 0 fully saturated rings. The van der Waals surface area contributed by atoms with Crippen molar-refractivity contribution in [2.75, 3.05) is 5.32 Å². The van der Waals surface area contributed by atoms with Crippen LogP contribution in [0.3, 0.4) is 0 Å². The van der Waals surface area contributed by atoms with Crippen LogP contribution in [0.15, 0.2) is 42.9 Å². The number of para-hydroxylation sites is 1. The maximum atomic E-state index is 12.0. The molecule has 19 heavy (non-hydrogen) atoms. The third-order valence-corrected chi connectivity index (χ3v) is 3.01. The Morgan fingerprint density at radius 3 is 3.05 bits per heavy atom. The third-order valence-electron chi connectivity index (χ3n) is 3.01. The number of fused-ring (bicyclic) bond motifs is 1. The van der Waals surface area contributed by atoms with Crippen LogP contribution in [0.2, 0.25) is 0 Å². The number of H-pyrrole nitrogens is 1. The van der Waals surface area contributed by atoms with Gasteiger partial charge in [0.2, 0.25) is 5.91 Å². The molecule has 0 radical (unpaired) electrons. The van der Waals surface area contributed by atoms with Crippen molar-refractivity contribution < 1.29 is 4.79 Å². The molecule has 0 aliphatic rings. The molecular weight excluding hydrogens is 240 g/mol. The lowest BCUT2D eigenvalue weighted by Gasteiger charge is -2.01. The second kappa shape index (κ2) is 4.61. The molecule has 0 unspecified atom stereocenters. The summed E-state index contributed by atoms with van der Waals surface area (Å²) < 4.78 is 1.65. The molecule has 1 amide bonds. The summed E-state index contributed by atoms with van der Waals surface area (Å²) in [5.74, 6) is -0.0437. The Balaban J connectivity index is 1.76. The SMILES string of the molecule is Cn1cc(NC(=O)Cc2c[nH]c3ccccc23)cn1. The first kappa shape index (κ1) is 11.5. The molecule has 2 heterocycles.